The molecule has 8 heteroatoms. The van der Waals surface area contributed by atoms with Crippen molar-refractivity contribution in [3.63, 3.8) is 0 Å². The summed E-state index contributed by atoms with van der Waals surface area (Å²) >= 11 is 6.04. The monoisotopic (exact) mass is 517 g/mol. The van der Waals surface area contributed by atoms with Crippen LogP contribution in [0.4, 0.5) is 0 Å². The molecule has 7 nitrogen and oxygen atoms in total. The number of halogens is 1. The normalized spacial score (nSPS) is 16.2. The summed E-state index contributed by atoms with van der Waals surface area (Å²) in [5, 5.41) is 0.640. The molecule has 2 heterocycles. The number of benzene rings is 2. The molecule has 1 aliphatic rings. The van der Waals surface area contributed by atoms with E-state index in [4.69, 9.17) is 21.1 Å². The van der Waals surface area contributed by atoms with Crippen LogP contribution in [0.5, 0.6) is 11.5 Å². The number of nitrogens with zero attached hydrogens (tertiary/aromatic N) is 2. The summed E-state index contributed by atoms with van der Waals surface area (Å²) in [5.74, 6) is 1.41. The molecule has 0 radical (unpaired) electrons. The lowest BCUT2D eigenvalue weighted by Crippen LogP contribution is -2.38. The fourth-order valence-corrected chi connectivity index (χ4v) is 5.14. The molecule has 0 aliphatic heterocycles. The molecule has 5 rings (SSSR count). The van der Waals surface area contributed by atoms with E-state index in [0.717, 1.165) is 28.8 Å². The Kier molecular flexibility index (Phi) is 6.42. The Bertz CT molecular complexity index is 1540. The Balaban J connectivity index is 1.75. The zero-order valence-corrected chi connectivity index (χ0v) is 21.9. The standard InChI is InChI=1S/C29H28ClN3O4/c1-29(2)14-25-18(11-19(29)16-34)12-22(27-31-15-23(32-27)17-5-7-20(30)8-6-17)28(35)33(25)24-13-21(36-3)9-10-26(24)37-4/h5-10,12-13,15-16,19H,11,14H2,1-4H3,(H,31,32). The molecule has 0 bridgehead atoms. The summed E-state index contributed by atoms with van der Waals surface area (Å²) in [6.45, 7) is 4.12. The first-order valence-electron chi connectivity index (χ1n) is 12.0. The Morgan fingerprint density at radius 2 is 1.86 bits per heavy atom. The average molecular weight is 518 g/mol. The third kappa shape index (κ3) is 4.44. The van der Waals surface area contributed by atoms with Gasteiger partial charge in [0.1, 0.15) is 23.6 Å². The Labute approximate surface area is 220 Å². The summed E-state index contributed by atoms with van der Waals surface area (Å²) < 4.78 is 12.8. The predicted molar refractivity (Wildman–Crippen MR) is 144 cm³/mol. The van der Waals surface area contributed by atoms with Crippen molar-refractivity contribution in [2.24, 2.45) is 11.3 Å². The van der Waals surface area contributed by atoms with Gasteiger partial charge in [-0.25, -0.2) is 4.98 Å². The Morgan fingerprint density at radius 3 is 2.54 bits per heavy atom. The molecule has 2 aromatic carbocycles. The van der Waals surface area contributed by atoms with Crippen LogP contribution < -0.4 is 15.0 Å². The van der Waals surface area contributed by atoms with Crippen LogP contribution in [0.25, 0.3) is 28.3 Å². The highest BCUT2D eigenvalue weighted by Gasteiger charge is 2.37. The number of carbonyl (C=O) groups excluding carboxylic acids is 1. The average Bonchev–Trinajstić information content (AvgIpc) is 3.38. The molecule has 190 valence electrons. The van der Waals surface area contributed by atoms with Crippen LogP contribution in [-0.4, -0.2) is 35.0 Å². The smallest absolute Gasteiger partial charge is 0.266 e. The first-order valence-corrected chi connectivity index (χ1v) is 12.4. The number of pyridine rings is 1. The topological polar surface area (TPSA) is 86.2 Å². The van der Waals surface area contributed by atoms with E-state index in [1.807, 2.05) is 18.2 Å². The fraction of sp³-hybridized carbons (Fsp3) is 0.276. The minimum absolute atomic E-state index is 0.174. The molecular weight excluding hydrogens is 490 g/mol. The summed E-state index contributed by atoms with van der Waals surface area (Å²) in [5.41, 5.74) is 3.89. The lowest BCUT2D eigenvalue weighted by Gasteiger charge is -2.38. The van der Waals surface area contributed by atoms with E-state index >= 15 is 0 Å². The number of carbonyl (C=O) groups is 1. The number of fused-ring (bicyclic) bond motifs is 1. The highest BCUT2D eigenvalue weighted by Crippen LogP contribution is 2.41. The van der Waals surface area contributed by atoms with Crippen molar-refractivity contribution < 1.29 is 14.3 Å². The van der Waals surface area contributed by atoms with Gasteiger partial charge in [-0.2, -0.15) is 0 Å². The van der Waals surface area contributed by atoms with Crippen molar-refractivity contribution in [3.8, 4) is 39.8 Å². The molecule has 0 amide bonds. The number of rotatable bonds is 6. The molecule has 1 unspecified atom stereocenters. The molecule has 0 spiro atoms. The minimum atomic E-state index is -0.316. The number of hydrogen-bond acceptors (Lipinski definition) is 5. The second-order valence-corrected chi connectivity index (χ2v) is 10.4. The van der Waals surface area contributed by atoms with Gasteiger partial charge in [-0.05, 0) is 59.7 Å². The molecule has 0 saturated carbocycles. The maximum Gasteiger partial charge on any atom is 0.266 e. The van der Waals surface area contributed by atoms with Gasteiger partial charge in [0.15, 0.2) is 0 Å². The number of aldehydes is 1. The highest BCUT2D eigenvalue weighted by atomic mass is 35.5. The third-order valence-corrected chi connectivity index (χ3v) is 7.49. The third-order valence-electron chi connectivity index (χ3n) is 7.24. The Hall–Kier alpha value is -3.84. The summed E-state index contributed by atoms with van der Waals surface area (Å²) in [6.07, 6.45) is 3.80. The van der Waals surface area contributed by atoms with Gasteiger partial charge in [-0.15, -0.1) is 0 Å². The molecule has 1 N–H and O–H groups in total. The first-order chi connectivity index (χ1) is 17.7. The second-order valence-electron chi connectivity index (χ2n) is 9.97. The fourth-order valence-electron chi connectivity index (χ4n) is 5.01. The highest BCUT2D eigenvalue weighted by molar-refractivity contribution is 6.30. The van der Waals surface area contributed by atoms with Crippen molar-refractivity contribution in [2.45, 2.75) is 26.7 Å². The van der Waals surface area contributed by atoms with Gasteiger partial charge < -0.3 is 19.3 Å². The van der Waals surface area contributed by atoms with Gasteiger partial charge in [-0.1, -0.05) is 37.6 Å². The first kappa shape index (κ1) is 24.8. The number of imidazole rings is 1. The van der Waals surface area contributed by atoms with Crippen LogP contribution in [0.3, 0.4) is 0 Å². The summed E-state index contributed by atoms with van der Waals surface area (Å²) in [4.78, 5) is 34.0. The number of H-pyrrole nitrogens is 1. The minimum Gasteiger partial charge on any atom is -0.497 e. The van der Waals surface area contributed by atoms with Crippen LogP contribution in [0, 0.1) is 11.3 Å². The quantitative estimate of drug-likeness (QED) is 0.341. The molecule has 1 aliphatic carbocycles. The molecule has 37 heavy (non-hydrogen) atoms. The predicted octanol–water partition coefficient (Wildman–Crippen LogP) is 5.51. The van der Waals surface area contributed by atoms with E-state index in [1.165, 1.54) is 0 Å². The van der Waals surface area contributed by atoms with Gasteiger partial charge in [0.25, 0.3) is 5.56 Å². The van der Waals surface area contributed by atoms with Crippen LogP contribution in [0.15, 0.2) is 59.5 Å². The van der Waals surface area contributed by atoms with E-state index in [-0.39, 0.29) is 16.9 Å². The van der Waals surface area contributed by atoms with Crippen LogP contribution in [0.1, 0.15) is 25.1 Å². The number of aromatic amines is 1. The number of methoxy groups -OCH3 is 2. The zero-order valence-electron chi connectivity index (χ0n) is 21.2. The largest absolute Gasteiger partial charge is 0.497 e. The van der Waals surface area contributed by atoms with E-state index < -0.39 is 0 Å². The molecule has 0 saturated heterocycles. The molecular formula is C29H28ClN3O4. The lowest BCUT2D eigenvalue weighted by molar-refractivity contribution is -0.114. The molecule has 1 atom stereocenters. The van der Waals surface area contributed by atoms with E-state index in [1.54, 1.807) is 55.3 Å². The van der Waals surface area contributed by atoms with Crippen molar-refractivity contribution in [2.75, 3.05) is 14.2 Å². The SMILES string of the molecule is COc1ccc(OC)c(-n2c3c(cc(-c4ncc(-c5ccc(Cl)cc5)[nH]4)c2=O)CC(C=O)C(C)(C)C3)c1. The zero-order chi connectivity index (χ0) is 26.3. The van der Waals surface area contributed by atoms with Crippen molar-refractivity contribution >= 4 is 17.9 Å². The van der Waals surface area contributed by atoms with E-state index in [9.17, 15) is 9.59 Å². The van der Waals surface area contributed by atoms with Crippen LogP contribution >= 0.6 is 11.6 Å². The number of nitrogens with one attached hydrogen (secondary N) is 1. The van der Waals surface area contributed by atoms with Gasteiger partial charge in [0.2, 0.25) is 0 Å². The van der Waals surface area contributed by atoms with Gasteiger partial charge in [-0.3, -0.25) is 9.36 Å². The van der Waals surface area contributed by atoms with Crippen LogP contribution in [-0.2, 0) is 17.6 Å². The maximum atomic E-state index is 14.2. The van der Waals surface area contributed by atoms with E-state index in [2.05, 4.69) is 23.8 Å². The van der Waals surface area contributed by atoms with Crippen molar-refractivity contribution in [1.82, 2.24) is 14.5 Å². The summed E-state index contributed by atoms with van der Waals surface area (Å²) in [6, 6.07) is 14.6. The van der Waals surface area contributed by atoms with Crippen LogP contribution in [0.2, 0.25) is 5.02 Å². The maximum absolute atomic E-state index is 14.2. The molecule has 4 aromatic rings. The number of hydrogen-bond donors (Lipinski definition) is 1. The van der Waals surface area contributed by atoms with Crippen molar-refractivity contribution in [3.05, 3.63) is 81.4 Å². The number of aromatic nitrogens is 3. The lowest BCUT2D eigenvalue weighted by atomic mass is 9.68. The second kappa shape index (κ2) is 9.56. The Morgan fingerprint density at radius 1 is 1.11 bits per heavy atom. The number of ether oxygens (including phenoxy) is 2. The molecule has 0 fully saturated rings. The summed E-state index contributed by atoms with van der Waals surface area (Å²) in [7, 11) is 3.16. The van der Waals surface area contributed by atoms with Crippen molar-refractivity contribution in [1.29, 1.82) is 0 Å². The van der Waals surface area contributed by atoms with Gasteiger partial charge in [0.05, 0.1) is 37.4 Å². The van der Waals surface area contributed by atoms with Gasteiger partial charge >= 0.3 is 0 Å². The van der Waals surface area contributed by atoms with Gasteiger partial charge in [0, 0.05) is 22.7 Å². The molecule has 2 aromatic heterocycles. The van der Waals surface area contributed by atoms with E-state index in [0.29, 0.717) is 46.4 Å².